The first kappa shape index (κ1) is 20.2. The van der Waals surface area contributed by atoms with Crippen LogP contribution < -0.4 is 5.32 Å². The van der Waals surface area contributed by atoms with E-state index in [1.165, 1.54) is 30.2 Å². The molecule has 1 heterocycles. The Bertz CT molecular complexity index is 803. The number of methoxy groups -OCH3 is 1. The maximum absolute atomic E-state index is 13.5. The van der Waals surface area contributed by atoms with Crippen LogP contribution in [-0.2, 0) is 20.4 Å². The van der Waals surface area contributed by atoms with Crippen molar-refractivity contribution in [2.75, 3.05) is 20.3 Å². The molecule has 1 atom stereocenters. The Morgan fingerprint density at radius 2 is 1.93 bits per heavy atom. The number of alkyl halides is 3. The van der Waals surface area contributed by atoms with E-state index in [9.17, 15) is 22.8 Å². The number of benzene rings is 1. The Morgan fingerprint density at radius 3 is 2.54 bits per heavy atom. The second-order valence-corrected chi connectivity index (χ2v) is 6.70. The minimum atomic E-state index is -4.63. The van der Waals surface area contributed by atoms with Crippen LogP contribution >= 0.6 is 0 Å². The largest absolute Gasteiger partial charge is 0.460 e. The second-order valence-electron chi connectivity index (χ2n) is 6.70. The van der Waals surface area contributed by atoms with Crippen LogP contribution in [0.4, 0.5) is 18.0 Å². The molecule has 9 heteroatoms. The summed E-state index contributed by atoms with van der Waals surface area (Å²) in [6.07, 6.45) is -3.07. The lowest BCUT2D eigenvalue weighted by atomic mass is 9.91. The molecule has 1 fully saturated rings. The fourth-order valence-corrected chi connectivity index (χ4v) is 3.33. The fraction of sp³-hybridized carbons (Fsp3) is 0.474. The van der Waals surface area contributed by atoms with Gasteiger partial charge in [0.25, 0.3) is 0 Å². The van der Waals surface area contributed by atoms with Gasteiger partial charge in [0.1, 0.15) is 6.61 Å². The van der Waals surface area contributed by atoms with Gasteiger partial charge in [-0.3, -0.25) is 4.90 Å². The molecule has 0 aromatic heterocycles. The third-order valence-corrected chi connectivity index (χ3v) is 4.76. The zero-order valence-corrected chi connectivity index (χ0v) is 15.5. The molecule has 1 aromatic rings. The van der Waals surface area contributed by atoms with Crippen LogP contribution in [0.2, 0.25) is 0 Å². The molecule has 28 heavy (non-hydrogen) atoms. The first-order valence-corrected chi connectivity index (χ1v) is 8.88. The zero-order chi connectivity index (χ0) is 20.5. The molecule has 2 aliphatic rings. The number of allylic oxidation sites excluding steroid dienone is 1. The summed E-state index contributed by atoms with van der Waals surface area (Å²) in [4.78, 5) is 26.7. The van der Waals surface area contributed by atoms with Crippen LogP contribution in [0.5, 0.6) is 0 Å². The predicted octanol–water partition coefficient (Wildman–Crippen LogP) is 3.40. The van der Waals surface area contributed by atoms with Gasteiger partial charge in [-0.05, 0) is 31.4 Å². The van der Waals surface area contributed by atoms with E-state index in [1.807, 2.05) is 0 Å². The van der Waals surface area contributed by atoms with Gasteiger partial charge in [0.15, 0.2) is 0 Å². The Hall–Kier alpha value is -2.55. The molecule has 1 N–H and O–H groups in total. The lowest BCUT2D eigenvalue weighted by molar-refractivity contribution is -0.142. The third-order valence-electron chi connectivity index (χ3n) is 4.76. The van der Waals surface area contributed by atoms with E-state index in [2.05, 4.69) is 5.32 Å². The number of rotatable bonds is 6. The van der Waals surface area contributed by atoms with Crippen molar-refractivity contribution in [2.45, 2.75) is 38.0 Å². The second kappa shape index (κ2) is 7.83. The van der Waals surface area contributed by atoms with E-state index in [4.69, 9.17) is 9.47 Å². The van der Waals surface area contributed by atoms with Crippen molar-refractivity contribution in [2.24, 2.45) is 0 Å². The van der Waals surface area contributed by atoms with Crippen LogP contribution in [0.3, 0.4) is 0 Å². The van der Waals surface area contributed by atoms with E-state index in [1.54, 1.807) is 6.92 Å². The van der Waals surface area contributed by atoms with Gasteiger partial charge in [-0.15, -0.1) is 0 Å². The highest BCUT2D eigenvalue weighted by molar-refractivity contribution is 5.95. The molecule has 6 nitrogen and oxygen atoms in total. The summed E-state index contributed by atoms with van der Waals surface area (Å²) in [6.45, 7) is 1.67. The van der Waals surface area contributed by atoms with Crippen LogP contribution in [0.1, 0.15) is 36.9 Å². The maximum Gasteiger partial charge on any atom is 0.416 e. The molecule has 0 saturated heterocycles. The molecule has 152 valence electrons. The Kier molecular flexibility index (Phi) is 5.64. The highest BCUT2D eigenvalue weighted by Crippen LogP contribution is 2.41. The summed E-state index contributed by atoms with van der Waals surface area (Å²) in [6, 6.07) is 3.06. The van der Waals surface area contributed by atoms with Gasteiger partial charge in [0.2, 0.25) is 0 Å². The summed E-state index contributed by atoms with van der Waals surface area (Å²) in [5.74, 6) is -0.776. The van der Waals surface area contributed by atoms with Crippen molar-refractivity contribution >= 4 is 12.0 Å². The summed E-state index contributed by atoms with van der Waals surface area (Å²) >= 11 is 0. The number of halogens is 3. The van der Waals surface area contributed by atoms with Gasteiger partial charge < -0.3 is 14.8 Å². The van der Waals surface area contributed by atoms with Crippen molar-refractivity contribution in [3.05, 3.63) is 46.7 Å². The number of nitrogens with one attached hydrogen (secondary N) is 1. The number of hydrogen-bond donors (Lipinski definition) is 1. The molecule has 1 aromatic carbocycles. The number of ether oxygens (including phenoxy) is 2. The standard InChI is InChI=1S/C19H21F3N2O4/c1-11-15(17(25)28-10-9-27-2)16(23-18(26)24(11)12-7-8-12)13-5-3-4-6-14(13)19(20,21)22/h3-6,12,16H,7-10H2,1-2H3,(H,23,26). The lowest BCUT2D eigenvalue weighted by Gasteiger charge is -2.36. The molecule has 1 saturated carbocycles. The molecule has 1 unspecified atom stereocenters. The Labute approximate surface area is 160 Å². The number of hydrogen-bond acceptors (Lipinski definition) is 4. The van der Waals surface area contributed by atoms with Crippen LogP contribution in [0.25, 0.3) is 0 Å². The average molecular weight is 398 g/mol. The highest BCUT2D eigenvalue weighted by Gasteiger charge is 2.45. The van der Waals surface area contributed by atoms with Gasteiger partial charge in [0, 0.05) is 18.8 Å². The number of amides is 2. The maximum atomic E-state index is 13.5. The van der Waals surface area contributed by atoms with Gasteiger partial charge in [0.05, 0.1) is 23.8 Å². The van der Waals surface area contributed by atoms with Gasteiger partial charge in [-0.1, -0.05) is 18.2 Å². The normalized spacial score (nSPS) is 20.2. The van der Waals surface area contributed by atoms with Gasteiger partial charge in [-0.25, -0.2) is 9.59 Å². The van der Waals surface area contributed by atoms with Crippen molar-refractivity contribution in [1.29, 1.82) is 0 Å². The third kappa shape index (κ3) is 3.99. The number of carbonyl (C=O) groups is 2. The van der Waals surface area contributed by atoms with E-state index < -0.39 is 29.8 Å². The van der Waals surface area contributed by atoms with Crippen molar-refractivity contribution in [3.63, 3.8) is 0 Å². The molecular formula is C19H21F3N2O4. The SMILES string of the molecule is COCCOC(=O)C1=C(C)N(C2CC2)C(=O)NC1c1ccccc1C(F)(F)F. The lowest BCUT2D eigenvalue weighted by Crippen LogP contribution is -2.49. The van der Waals surface area contributed by atoms with E-state index in [-0.39, 0.29) is 30.4 Å². The molecule has 0 spiro atoms. The predicted molar refractivity (Wildman–Crippen MR) is 93.1 cm³/mol. The number of esters is 1. The highest BCUT2D eigenvalue weighted by atomic mass is 19.4. The molecular weight excluding hydrogens is 377 g/mol. The van der Waals surface area contributed by atoms with E-state index in [0.29, 0.717) is 5.70 Å². The minimum Gasteiger partial charge on any atom is -0.460 e. The average Bonchev–Trinajstić information content (AvgIpc) is 3.45. The molecule has 1 aliphatic heterocycles. The quantitative estimate of drug-likeness (QED) is 0.589. The molecule has 2 amide bonds. The summed E-state index contributed by atoms with van der Waals surface area (Å²) in [5, 5.41) is 2.57. The minimum absolute atomic E-state index is 0.000645. The van der Waals surface area contributed by atoms with Gasteiger partial charge >= 0.3 is 18.2 Å². The van der Waals surface area contributed by atoms with Crippen molar-refractivity contribution in [3.8, 4) is 0 Å². The van der Waals surface area contributed by atoms with E-state index >= 15 is 0 Å². The monoisotopic (exact) mass is 398 g/mol. The molecule has 1 aliphatic carbocycles. The van der Waals surface area contributed by atoms with Gasteiger partial charge in [-0.2, -0.15) is 13.2 Å². The molecule has 3 rings (SSSR count). The number of carbonyl (C=O) groups excluding carboxylic acids is 2. The van der Waals surface area contributed by atoms with Crippen LogP contribution in [-0.4, -0.2) is 43.3 Å². The topological polar surface area (TPSA) is 67.9 Å². The molecule has 0 radical (unpaired) electrons. The first-order valence-electron chi connectivity index (χ1n) is 8.88. The van der Waals surface area contributed by atoms with E-state index in [0.717, 1.165) is 18.9 Å². The fourth-order valence-electron chi connectivity index (χ4n) is 3.33. The van der Waals surface area contributed by atoms with Crippen molar-refractivity contribution < 1.29 is 32.2 Å². The smallest absolute Gasteiger partial charge is 0.416 e. The number of nitrogens with zero attached hydrogens (tertiary/aromatic N) is 1. The van der Waals surface area contributed by atoms with Crippen LogP contribution in [0, 0.1) is 0 Å². The first-order chi connectivity index (χ1) is 13.3. The summed E-state index contributed by atoms with van der Waals surface area (Å²) < 4.78 is 50.6. The van der Waals surface area contributed by atoms with Crippen molar-refractivity contribution in [1.82, 2.24) is 10.2 Å². The summed E-state index contributed by atoms with van der Waals surface area (Å²) in [5.41, 5.74) is -0.790. The Morgan fingerprint density at radius 1 is 1.25 bits per heavy atom. The number of urea groups is 1. The van der Waals surface area contributed by atoms with Crippen LogP contribution in [0.15, 0.2) is 35.5 Å². The molecule has 0 bridgehead atoms. The zero-order valence-electron chi connectivity index (χ0n) is 15.5. The summed E-state index contributed by atoms with van der Waals surface area (Å²) in [7, 11) is 1.44. The Balaban J connectivity index is 2.06.